The quantitative estimate of drug-likeness (QED) is 0.843. The molecule has 1 unspecified atom stereocenters. The summed E-state index contributed by atoms with van der Waals surface area (Å²) in [6.07, 6.45) is 2.96. The van der Waals surface area contributed by atoms with Crippen LogP contribution in [0.2, 0.25) is 0 Å². The summed E-state index contributed by atoms with van der Waals surface area (Å²) in [6.45, 7) is 4.52. The van der Waals surface area contributed by atoms with E-state index < -0.39 is 0 Å². The lowest BCUT2D eigenvalue weighted by Gasteiger charge is -2.26. The van der Waals surface area contributed by atoms with E-state index in [0.717, 1.165) is 37.9 Å². The first kappa shape index (κ1) is 15.8. The lowest BCUT2D eigenvalue weighted by atomic mass is 9.81. The van der Waals surface area contributed by atoms with Crippen molar-refractivity contribution in [3.05, 3.63) is 29.8 Å². The Labute approximate surface area is 127 Å². The Morgan fingerprint density at radius 2 is 2.05 bits per heavy atom. The molecule has 116 valence electrons. The highest BCUT2D eigenvalue weighted by Gasteiger charge is 2.39. The molecule has 1 saturated heterocycles. The first-order valence-corrected chi connectivity index (χ1v) is 7.83. The number of hydrogen-bond donors (Lipinski definition) is 2. The summed E-state index contributed by atoms with van der Waals surface area (Å²) < 4.78 is 0. The Morgan fingerprint density at radius 1 is 1.33 bits per heavy atom. The summed E-state index contributed by atoms with van der Waals surface area (Å²) >= 11 is 0. The molecule has 1 aliphatic rings. The molecular formula is C17H27N3O. The number of carbonyl (C=O) groups excluding carboxylic acids is 1. The van der Waals surface area contributed by atoms with E-state index in [2.05, 4.69) is 46.7 Å². The van der Waals surface area contributed by atoms with Gasteiger partial charge in [0.05, 0.1) is 5.41 Å². The predicted molar refractivity (Wildman–Crippen MR) is 87.4 cm³/mol. The summed E-state index contributed by atoms with van der Waals surface area (Å²) in [5, 5.41) is 6.45. The van der Waals surface area contributed by atoms with Gasteiger partial charge in [-0.05, 0) is 37.1 Å². The van der Waals surface area contributed by atoms with Crippen LogP contribution in [0.1, 0.15) is 31.7 Å². The fraction of sp³-hybridized carbons (Fsp3) is 0.588. The van der Waals surface area contributed by atoms with Gasteiger partial charge in [0.15, 0.2) is 0 Å². The van der Waals surface area contributed by atoms with Crippen molar-refractivity contribution in [3.63, 3.8) is 0 Å². The van der Waals surface area contributed by atoms with E-state index in [0.29, 0.717) is 6.54 Å². The first-order chi connectivity index (χ1) is 10.1. The van der Waals surface area contributed by atoms with Crippen LogP contribution in [-0.4, -0.2) is 33.1 Å². The number of anilines is 1. The van der Waals surface area contributed by atoms with E-state index in [1.54, 1.807) is 0 Å². The predicted octanol–water partition coefficient (Wildman–Crippen LogP) is 2.15. The van der Waals surface area contributed by atoms with Crippen LogP contribution in [0.3, 0.4) is 0 Å². The van der Waals surface area contributed by atoms with Crippen LogP contribution in [0.4, 0.5) is 5.69 Å². The van der Waals surface area contributed by atoms with Gasteiger partial charge in [0, 0.05) is 32.9 Å². The number of amides is 1. The van der Waals surface area contributed by atoms with Crippen molar-refractivity contribution in [1.82, 2.24) is 10.6 Å². The highest BCUT2D eigenvalue weighted by atomic mass is 16.2. The van der Waals surface area contributed by atoms with Gasteiger partial charge in [0.2, 0.25) is 5.91 Å². The maximum Gasteiger partial charge on any atom is 0.227 e. The van der Waals surface area contributed by atoms with Crippen LogP contribution in [-0.2, 0) is 11.3 Å². The maximum absolute atomic E-state index is 12.5. The second-order valence-electron chi connectivity index (χ2n) is 6.20. The Hall–Kier alpha value is -1.55. The van der Waals surface area contributed by atoms with E-state index >= 15 is 0 Å². The van der Waals surface area contributed by atoms with Crippen molar-refractivity contribution in [2.24, 2.45) is 5.41 Å². The molecule has 1 heterocycles. The van der Waals surface area contributed by atoms with Crippen LogP contribution in [0.25, 0.3) is 0 Å². The van der Waals surface area contributed by atoms with Crippen molar-refractivity contribution in [3.8, 4) is 0 Å². The van der Waals surface area contributed by atoms with Gasteiger partial charge in [-0.15, -0.1) is 0 Å². The average Bonchev–Trinajstić information content (AvgIpc) is 2.95. The minimum atomic E-state index is -0.196. The second kappa shape index (κ2) is 6.94. The zero-order valence-corrected chi connectivity index (χ0v) is 13.4. The SMILES string of the molecule is CCCC1(C(=O)NCc2ccc(N(C)C)cc2)CCNC1. The Kier molecular flexibility index (Phi) is 5.23. The number of rotatable bonds is 6. The number of nitrogens with one attached hydrogen (secondary N) is 2. The van der Waals surface area contributed by atoms with Crippen molar-refractivity contribution < 1.29 is 4.79 Å². The third kappa shape index (κ3) is 3.76. The average molecular weight is 289 g/mol. The molecule has 0 aliphatic carbocycles. The Bertz CT molecular complexity index is 461. The molecule has 1 atom stereocenters. The molecule has 1 aromatic carbocycles. The zero-order valence-electron chi connectivity index (χ0n) is 13.4. The van der Waals surface area contributed by atoms with Gasteiger partial charge in [-0.1, -0.05) is 25.5 Å². The van der Waals surface area contributed by atoms with Gasteiger partial charge < -0.3 is 15.5 Å². The fourth-order valence-electron chi connectivity index (χ4n) is 3.02. The molecule has 0 saturated carbocycles. The van der Waals surface area contributed by atoms with Gasteiger partial charge >= 0.3 is 0 Å². The molecule has 1 aliphatic heterocycles. The fourth-order valence-corrected chi connectivity index (χ4v) is 3.02. The lowest BCUT2D eigenvalue weighted by molar-refractivity contribution is -0.130. The molecule has 4 heteroatoms. The standard InChI is InChI=1S/C17H27N3O/c1-4-9-17(10-11-18-13-17)16(21)19-12-14-5-7-15(8-6-14)20(2)3/h5-8,18H,4,9-13H2,1-3H3,(H,19,21). The highest BCUT2D eigenvalue weighted by Crippen LogP contribution is 2.31. The molecule has 1 amide bonds. The van der Waals surface area contributed by atoms with Crippen LogP contribution >= 0.6 is 0 Å². The minimum absolute atomic E-state index is 0.196. The van der Waals surface area contributed by atoms with Gasteiger partial charge in [-0.25, -0.2) is 0 Å². The zero-order chi connectivity index (χ0) is 15.3. The number of carbonyl (C=O) groups is 1. The van der Waals surface area contributed by atoms with Crippen LogP contribution < -0.4 is 15.5 Å². The van der Waals surface area contributed by atoms with E-state index in [1.165, 1.54) is 5.69 Å². The van der Waals surface area contributed by atoms with E-state index in [9.17, 15) is 4.79 Å². The smallest absolute Gasteiger partial charge is 0.227 e. The molecule has 21 heavy (non-hydrogen) atoms. The van der Waals surface area contributed by atoms with E-state index in [-0.39, 0.29) is 11.3 Å². The van der Waals surface area contributed by atoms with Crippen LogP contribution in [0.5, 0.6) is 0 Å². The third-order valence-corrected chi connectivity index (χ3v) is 4.36. The summed E-state index contributed by atoms with van der Waals surface area (Å²) in [5.74, 6) is 0.200. The molecule has 4 nitrogen and oxygen atoms in total. The molecule has 1 fully saturated rings. The van der Waals surface area contributed by atoms with E-state index in [4.69, 9.17) is 0 Å². The maximum atomic E-state index is 12.5. The molecule has 2 N–H and O–H groups in total. The summed E-state index contributed by atoms with van der Waals surface area (Å²) in [5.41, 5.74) is 2.12. The van der Waals surface area contributed by atoms with E-state index in [1.807, 2.05) is 14.1 Å². The monoisotopic (exact) mass is 289 g/mol. The van der Waals surface area contributed by atoms with Gasteiger partial charge in [0.25, 0.3) is 0 Å². The molecule has 0 radical (unpaired) electrons. The van der Waals surface area contributed by atoms with Gasteiger partial charge in [0.1, 0.15) is 0 Å². The van der Waals surface area contributed by atoms with Crippen LogP contribution in [0, 0.1) is 5.41 Å². The van der Waals surface area contributed by atoms with Gasteiger partial charge in [-0.3, -0.25) is 4.79 Å². The molecule has 1 aromatic rings. The normalized spacial score (nSPS) is 21.3. The molecule has 0 aromatic heterocycles. The largest absolute Gasteiger partial charge is 0.378 e. The third-order valence-electron chi connectivity index (χ3n) is 4.36. The molecular weight excluding hydrogens is 262 g/mol. The first-order valence-electron chi connectivity index (χ1n) is 7.83. The highest BCUT2D eigenvalue weighted by molar-refractivity contribution is 5.83. The number of nitrogens with zero attached hydrogens (tertiary/aromatic N) is 1. The Balaban J connectivity index is 1.93. The van der Waals surface area contributed by atoms with Crippen molar-refractivity contribution in [2.45, 2.75) is 32.7 Å². The van der Waals surface area contributed by atoms with Crippen LogP contribution in [0.15, 0.2) is 24.3 Å². The molecule has 2 rings (SSSR count). The molecule has 0 spiro atoms. The summed E-state index contributed by atoms with van der Waals surface area (Å²) in [7, 11) is 4.05. The second-order valence-corrected chi connectivity index (χ2v) is 6.20. The molecule has 0 bridgehead atoms. The number of benzene rings is 1. The minimum Gasteiger partial charge on any atom is -0.378 e. The topological polar surface area (TPSA) is 44.4 Å². The van der Waals surface area contributed by atoms with Crippen molar-refractivity contribution >= 4 is 11.6 Å². The van der Waals surface area contributed by atoms with Gasteiger partial charge in [-0.2, -0.15) is 0 Å². The number of hydrogen-bond acceptors (Lipinski definition) is 3. The van der Waals surface area contributed by atoms with Crippen molar-refractivity contribution in [1.29, 1.82) is 0 Å². The summed E-state index contributed by atoms with van der Waals surface area (Å²) in [4.78, 5) is 14.6. The van der Waals surface area contributed by atoms with Crippen molar-refractivity contribution in [2.75, 3.05) is 32.1 Å². The lowest BCUT2D eigenvalue weighted by Crippen LogP contribution is -2.42. The summed E-state index contributed by atoms with van der Waals surface area (Å²) in [6, 6.07) is 8.32. The Morgan fingerprint density at radius 3 is 2.57 bits per heavy atom.